The van der Waals surface area contributed by atoms with Gasteiger partial charge in [-0.25, -0.2) is 9.97 Å². The van der Waals surface area contributed by atoms with Crippen LogP contribution in [0.1, 0.15) is 25.1 Å². The molecular weight excluding hydrogens is 250 g/mol. The van der Waals surface area contributed by atoms with Crippen molar-refractivity contribution in [3.05, 3.63) is 48.0 Å². The minimum atomic E-state index is 0.125. The number of hydrogen-bond acceptors (Lipinski definition) is 5. The van der Waals surface area contributed by atoms with Gasteiger partial charge >= 0.3 is 0 Å². The Morgan fingerprint density at radius 1 is 1.20 bits per heavy atom. The van der Waals surface area contributed by atoms with E-state index in [1.165, 1.54) is 0 Å². The Labute approximate surface area is 119 Å². The summed E-state index contributed by atoms with van der Waals surface area (Å²) in [6.45, 7) is 5.61. The van der Waals surface area contributed by atoms with Crippen LogP contribution in [0.3, 0.4) is 0 Å². The molecule has 0 fully saturated rings. The fourth-order valence-corrected chi connectivity index (χ4v) is 2.00. The van der Waals surface area contributed by atoms with Crippen molar-refractivity contribution >= 4 is 5.95 Å². The molecular formula is C15H21N5. The van der Waals surface area contributed by atoms with Crippen molar-refractivity contribution in [2.75, 3.05) is 11.4 Å². The predicted molar refractivity (Wildman–Crippen MR) is 80.3 cm³/mol. The van der Waals surface area contributed by atoms with E-state index in [4.69, 9.17) is 5.73 Å². The maximum atomic E-state index is 5.78. The zero-order valence-electron chi connectivity index (χ0n) is 12.0. The summed E-state index contributed by atoms with van der Waals surface area (Å²) in [5.74, 6) is 0.728. The Bertz CT molecular complexity index is 510. The van der Waals surface area contributed by atoms with Crippen LogP contribution in [0.4, 0.5) is 5.95 Å². The number of hydrogen-bond donors (Lipinski definition) is 1. The summed E-state index contributed by atoms with van der Waals surface area (Å²) < 4.78 is 0. The number of nitrogens with two attached hydrogens (primary N) is 1. The Balaban J connectivity index is 2.07. The molecule has 0 radical (unpaired) electrons. The van der Waals surface area contributed by atoms with E-state index in [9.17, 15) is 0 Å². The average Bonchev–Trinajstić information content (AvgIpc) is 2.46. The van der Waals surface area contributed by atoms with Gasteiger partial charge in [-0.1, -0.05) is 6.07 Å². The van der Waals surface area contributed by atoms with Crippen LogP contribution in [0.25, 0.3) is 0 Å². The van der Waals surface area contributed by atoms with Crippen LogP contribution in [-0.4, -0.2) is 27.5 Å². The molecule has 0 saturated heterocycles. The van der Waals surface area contributed by atoms with Crippen LogP contribution in [0, 0.1) is 0 Å². The van der Waals surface area contributed by atoms with Crippen molar-refractivity contribution in [1.29, 1.82) is 0 Å². The molecule has 2 aromatic rings. The lowest BCUT2D eigenvalue weighted by molar-refractivity contribution is 0.726. The van der Waals surface area contributed by atoms with Gasteiger partial charge in [0.05, 0.1) is 12.2 Å². The van der Waals surface area contributed by atoms with E-state index in [1.54, 1.807) is 6.20 Å². The van der Waals surface area contributed by atoms with Crippen molar-refractivity contribution in [3.63, 3.8) is 0 Å². The molecule has 2 heterocycles. The van der Waals surface area contributed by atoms with Crippen molar-refractivity contribution < 1.29 is 0 Å². The lowest BCUT2D eigenvalue weighted by atomic mass is 10.1. The highest BCUT2D eigenvalue weighted by atomic mass is 15.2. The Morgan fingerprint density at radius 2 is 1.95 bits per heavy atom. The zero-order valence-corrected chi connectivity index (χ0v) is 12.0. The minimum Gasteiger partial charge on any atom is -0.335 e. The first kappa shape index (κ1) is 14.4. The highest BCUT2D eigenvalue weighted by Crippen LogP contribution is 2.11. The van der Waals surface area contributed by atoms with Crippen LogP contribution in [-0.2, 0) is 13.0 Å². The molecule has 106 valence electrons. The normalized spacial score (nSPS) is 12.2. The Hall–Kier alpha value is -2.01. The molecule has 5 heteroatoms. The van der Waals surface area contributed by atoms with Crippen molar-refractivity contribution in [2.45, 2.75) is 32.9 Å². The Kier molecular flexibility index (Phi) is 5.01. The molecule has 2 N–H and O–H groups in total. The molecule has 0 aliphatic heterocycles. The number of pyridine rings is 1. The molecule has 5 nitrogen and oxygen atoms in total. The predicted octanol–water partition coefficient (Wildman–Crippen LogP) is 1.79. The minimum absolute atomic E-state index is 0.125. The van der Waals surface area contributed by atoms with Gasteiger partial charge in [-0.2, -0.15) is 0 Å². The van der Waals surface area contributed by atoms with Crippen LogP contribution in [0.15, 0.2) is 36.8 Å². The van der Waals surface area contributed by atoms with Gasteiger partial charge in [0, 0.05) is 31.2 Å². The van der Waals surface area contributed by atoms with Crippen molar-refractivity contribution in [3.8, 4) is 0 Å². The van der Waals surface area contributed by atoms with Gasteiger partial charge in [-0.3, -0.25) is 4.98 Å². The maximum absolute atomic E-state index is 5.78. The third kappa shape index (κ3) is 3.99. The standard InChI is InChI=1S/C15H21N5/c1-3-20(11-14-6-4-5-7-17-14)15-18-9-13(10-19-15)8-12(2)16/h4-7,9-10,12H,3,8,11,16H2,1-2H3. The lowest BCUT2D eigenvalue weighted by Gasteiger charge is -2.20. The second-order valence-corrected chi connectivity index (χ2v) is 4.91. The summed E-state index contributed by atoms with van der Waals surface area (Å²) in [6, 6.07) is 6.04. The molecule has 0 amide bonds. The highest BCUT2D eigenvalue weighted by Gasteiger charge is 2.09. The largest absolute Gasteiger partial charge is 0.335 e. The summed E-state index contributed by atoms with van der Waals surface area (Å²) in [4.78, 5) is 15.3. The lowest BCUT2D eigenvalue weighted by Crippen LogP contribution is -2.25. The zero-order chi connectivity index (χ0) is 14.4. The van der Waals surface area contributed by atoms with Crippen molar-refractivity contribution in [1.82, 2.24) is 15.0 Å². The topological polar surface area (TPSA) is 67.9 Å². The molecule has 2 rings (SSSR count). The number of nitrogens with zero attached hydrogens (tertiary/aromatic N) is 4. The molecule has 1 atom stereocenters. The van der Waals surface area contributed by atoms with E-state index >= 15 is 0 Å². The van der Waals surface area contributed by atoms with E-state index in [-0.39, 0.29) is 6.04 Å². The van der Waals surface area contributed by atoms with Gasteiger partial charge in [-0.15, -0.1) is 0 Å². The summed E-state index contributed by atoms with van der Waals surface area (Å²) in [5, 5.41) is 0. The third-order valence-corrected chi connectivity index (χ3v) is 2.99. The first-order valence-corrected chi connectivity index (χ1v) is 6.90. The van der Waals surface area contributed by atoms with Gasteiger partial charge in [0.2, 0.25) is 5.95 Å². The SMILES string of the molecule is CCN(Cc1ccccn1)c1ncc(CC(C)N)cn1. The molecule has 0 aliphatic carbocycles. The van der Waals surface area contributed by atoms with Crippen molar-refractivity contribution in [2.24, 2.45) is 5.73 Å². The van der Waals surface area contributed by atoms with Gasteiger partial charge in [-0.05, 0) is 38.0 Å². The van der Waals surface area contributed by atoms with Gasteiger partial charge in [0.25, 0.3) is 0 Å². The number of anilines is 1. The monoisotopic (exact) mass is 271 g/mol. The van der Waals surface area contributed by atoms with E-state index in [0.717, 1.165) is 30.2 Å². The summed E-state index contributed by atoms with van der Waals surface area (Å²) >= 11 is 0. The quantitative estimate of drug-likeness (QED) is 0.867. The smallest absolute Gasteiger partial charge is 0.225 e. The fourth-order valence-electron chi connectivity index (χ4n) is 2.00. The van der Waals surface area contributed by atoms with Gasteiger partial charge in [0.1, 0.15) is 0 Å². The number of aromatic nitrogens is 3. The van der Waals surface area contributed by atoms with Crippen LogP contribution in [0.2, 0.25) is 0 Å². The molecule has 1 unspecified atom stereocenters. The van der Waals surface area contributed by atoms with Crippen LogP contribution < -0.4 is 10.6 Å². The summed E-state index contributed by atoms with van der Waals surface area (Å²) in [7, 11) is 0. The second kappa shape index (κ2) is 6.96. The van der Waals surface area contributed by atoms with Gasteiger partial charge in [0.15, 0.2) is 0 Å². The third-order valence-electron chi connectivity index (χ3n) is 2.99. The molecule has 20 heavy (non-hydrogen) atoms. The molecule has 0 aliphatic rings. The van der Waals surface area contributed by atoms with E-state index in [2.05, 4.69) is 26.8 Å². The summed E-state index contributed by atoms with van der Waals surface area (Å²) in [6.07, 6.45) is 6.31. The summed E-state index contributed by atoms with van der Waals surface area (Å²) in [5.41, 5.74) is 7.86. The Morgan fingerprint density at radius 3 is 2.50 bits per heavy atom. The van der Waals surface area contributed by atoms with Gasteiger partial charge < -0.3 is 10.6 Å². The first-order valence-electron chi connectivity index (χ1n) is 6.90. The molecule has 0 spiro atoms. The van der Waals surface area contributed by atoms with Crippen LogP contribution in [0.5, 0.6) is 0 Å². The van der Waals surface area contributed by atoms with E-state index in [0.29, 0.717) is 6.54 Å². The molecule has 0 bridgehead atoms. The van der Waals surface area contributed by atoms with E-state index < -0.39 is 0 Å². The van der Waals surface area contributed by atoms with E-state index in [1.807, 2.05) is 37.5 Å². The number of rotatable bonds is 6. The second-order valence-electron chi connectivity index (χ2n) is 4.91. The highest BCUT2D eigenvalue weighted by molar-refractivity contribution is 5.30. The van der Waals surface area contributed by atoms with Crippen LogP contribution >= 0.6 is 0 Å². The molecule has 0 aromatic carbocycles. The fraction of sp³-hybridized carbons (Fsp3) is 0.400. The average molecular weight is 271 g/mol. The maximum Gasteiger partial charge on any atom is 0.225 e. The molecule has 2 aromatic heterocycles. The molecule has 0 saturated carbocycles. The first-order chi connectivity index (χ1) is 9.69.